The summed E-state index contributed by atoms with van der Waals surface area (Å²) in [5.74, 6) is 3.79. The van der Waals surface area contributed by atoms with Gasteiger partial charge in [0, 0.05) is 50.2 Å². The van der Waals surface area contributed by atoms with E-state index >= 15 is 0 Å². The molecule has 7 nitrogen and oxygen atoms in total. The third-order valence-corrected chi connectivity index (χ3v) is 5.57. The Kier molecular flexibility index (Phi) is 6.04. The van der Waals surface area contributed by atoms with Crippen molar-refractivity contribution in [2.75, 3.05) is 44.4 Å². The van der Waals surface area contributed by atoms with Crippen molar-refractivity contribution in [1.82, 2.24) is 14.9 Å². The van der Waals surface area contributed by atoms with Crippen LogP contribution in [0.25, 0.3) is 0 Å². The van der Waals surface area contributed by atoms with Gasteiger partial charge in [-0.15, -0.1) is 0 Å². The number of nitrogens with one attached hydrogen (secondary N) is 2. The van der Waals surface area contributed by atoms with Crippen molar-refractivity contribution >= 4 is 17.5 Å². The van der Waals surface area contributed by atoms with Gasteiger partial charge in [-0.25, -0.2) is 4.98 Å². The molecule has 0 amide bonds. The van der Waals surface area contributed by atoms with Crippen molar-refractivity contribution in [3.05, 3.63) is 30.0 Å². The van der Waals surface area contributed by atoms with Crippen molar-refractivity contribution in [2.24, 2.45) is 5.92 Å². The summed E-state index contributed by atoms with van der Waals surface area (Å²) in [5, 5.41) is 6.34. The van der Waals surface area contributed by atoms with Gasteiger partial charge in [0.15, 0.2) is 11.5 Å². The van der Waals surface area contributed by atoms with Gasteiger partial charge in [0.1, 0.15) is 11.9 Å². The highest BCUT2D eigenvalue weighted by Crippen LogP contribution is 2.34. The quantitative estimate of drug-likeness (QED) is 0.701. The van der Waals surface area contributed by atoms with E-state index in [4.69, 9.17) is 9.47 Å². The van der Waals surface area contributed by atoms with Crippen LogP contribution in [0.5, 0.6) is 11.5 Å². The predicted octanol–water partition coefficient (Wildman–Crippen LogP) is 3.83. The maximum absolute atomic E-state index is 6.35. The monoisotopic (exact) mass is 397 g/mol. The molecule has 1 aromatic carbocycles. The lowest BCUT2D eigenvalue weighted by Gasteiger charge is -2.32. The first-order chi connectivity index (χ1) is 14.1. The number of piperidine rings is 1. The third-order valence-electron chi connectivity index (χ3n) is 5.57. The number of hydrogen-bond donors (Lipinski definition) is 2. The topological polar surface area (TPSA) is 71.5 Å². The summed E-state index contributed by atoms with van der Waals surface area (Å²) in [4.78, 5) is 11.5. The van der Waals surface area contributed by atoms with Crippen LogP contribution in [-0.2, 0) is 0 Å². The summed E-state index contributed by atoms with van der Waals surface area (Å²) in [7, 11) is 3.53. The summed E-state index contributed by atoms with van der Waals surface area (Å²) >= 11 is 0. The van der Waals surface area contributed by atoms with Crippen LogP contribution in [0.3, 0.4) is 0 Å². The standard InChI is InChI=1S/C22H31N5O2/c1-15-12-21(23-2)26-22(24-15)25-17-6-7-19(28-3)20(13-17)29-18-8-10-27(11-9-18)14-16-4-5-16/h6-7,12-13,16,18H,4-5,8-11,14H2,1-3H3,(H2,23,24,25,26). The van der Waals surface area contributed by atoms with Gasteiger partial charge in [-0.1, -0.05) is 0 Å². The SMILES string of the molecule is CNc1cc(C)nc(Nc2ccc(OC)c(OC3CCN(CC4CC4)CC3)c2)n1. The molecular weight excluding hydrogens is 366 g/mol. The van der Waals surface area contributed by atoms with E-state index in [1.807, 2.05) is 38.2 Å². The Balaban J connectivity index is 1.42. The minimum Gasteiger partial charge on any atom is -0.493 e. The summed E-state index contributed by atoms with van der Waals surface area (Å²) in [5.41, 5.74) is 1.77. The first-order valence-corrected chi connectivity index (χ1v) is 10.5. The number of rotatable bonds is 8. The zero-order chi connectivity index (χ0) is 20.2. The van der Waals surface area contributed by atoms with Gasteiger partial charge in [0.05, 0.1) is 7.11 Å². The minimum atomic E-state index is 0.223. The Morgan fingerprint density at radius 2 is 1.86 bits per heavy atom. The Morgan fingerprint density at radius 3 is 2.55 bits per heavy atom. The number of nitrogens with zero attached hydrogens (tertiary/aromatic N) is 3. The van der Waals surface area contributed by atoms with Crippen molar-refractivity contribution in [2.45, 2.75) is 38.7 Å². The van der Waals surface area contributed by atoms with Crippen LogP contribution in [0.1, 0.15) is 31.4 Å². The highest BCUT2D eigenvalue weighted by atomic mass is 16.5. The van der Waals surface area contributed by atoms with Crippen molar-refractivity contribution in [3.63, 3.8) is 0 Å². The van der Waals surface area contributed by atoms with E-state index in [-0.39, 0.29) is 6.10 Å². The van der Waals surface area contributed by atoms with Crippen molar-refractivity contribution in [3.8, 4) is 11.5 Å². The Bertz CT molecular complexity index is 832. The molecule has 0 bridgehead atoms. The molecule has 2 fully saturated rings. The molecule has 1 saturated heterocycles. The number of aryl methyl sites for hydroxylation is 1. The van der Waals surface area contributed by atoms with E-state index in [1.54, 1.807) is 7.11 Å². The number of methoxy groups -OCH3 is 1. The molecule has 156 valence electrons. The second-order valence-corrected chi connectivity index (χ2v) is 8.02. The van der Waals surface area contributed by atoms with E-state index in [0.717, 1.165) is 60.5 Å². The number of hydrogen-bond acceptors (Lipinski definition) is 7. The summed E-state index contributed by atoms with van der Waals surface area (Å²) in [6.45, 7) is 5.45. The largest absolute Gasteiger partial charge is 0.493 e. The molecule has 4 rings (SSSR count). The Hall–Kier alpha value is -2.54. The van der Waals surface area contributed by atoms with Crippen LogP contribution in [0.2, 0.25) is 0 Å². The van der Waals surface area contributed by atoms with E-state index in [1.165, 1.54) is 19.4 Å². The molecule has 1 aromatic heterocycles. The van der Waals surface area contributed by atoms with Gasteiger partial charge in [-0.2, -0.15) is 4.98 Å². The molecule has 0 radical (unpaired) electrons. The maximum atomic E-state index is 6.35. The number of aromatic nitrogens is 2. The molecular formula is C22H31N5O2. The molecule has 29 heavy (non-hydrogen) atoms. The average molecular weight is 398 g/mol. The zero-order valence-corrected chi connectivity index (χ0v) is 17.6. The summed E-state index contributed by atoms with van der Waals surface area (Å²) in [6.07, 6.45) is 5.16. The summed E-state index contributed by atoms with van der Waals surface area (Å²) in [6, 6.07) is 7.76. The Morgan fingerprint density at radius 1 is 1.07 bits per heavy atom. The first-order valence-electron chi connectivity index (χ1n) is 10.5. The predicted molar refractivity (Wildman–Crippen MR) is 115 cm³/mol. The van der Waals surface area contributed by atoms with E-state index in [0.29, 0.717) is 5.95 Å². The Labute approximate surface area is 172 Å². The second-order valence-electron chi connectivity index (χ2n) is 8.02. The number of ether oxygens (including phenoxy) is 2. The van der Waals surface area contributed by atoms with E-state index in [2.05, 4.69) is 25.5 Å². The van der Waals surface area contributed by atoms with Crippen LogP contribution in [0.15, 0.2) is 24.3 Å². The molecule has 0 atom stereocenters. The van der Waals surface area contributed by atoms with Gasteiger partial charge in [0.2, 0.25) is 5.95 Å². The highest BCUT2D eigenvalue weighted by molar-refractivity contribution is 5.60. The molecule has 0 spiro atoms. The van der Waals surface area contributed by atoms with Crippen LogP contribution in [0, 0.1) is 12.8 Å². The van der Waals surface area contributed by atoms with Crippen molar-refractivity contribution in [1.29, 1.82) is 0 Å². The molecule has 1 saturated carbocycles. The van der Waals surface area contributed by atoms with Gasteiger partial charge in [0.25, 0.3) is 0 Å². The zero-order valence-electron chi connectivity index (χ0n) is 17.6. The molecule has 2 aliphatic rings. The highest BCUT2D eigenvalue weighted by Gasteiger charge is 2.28. The molecule has 0 unspecified atom stereocenters. The van der Waals surface area contributed by atoms with Crippen molar-refractivity contribution < 1.29 is 9.47 Å². The smallest absolute Gasteiger partial charge is 0.229 e. The van der Waals surface area contributed by atoms with Crippen LogP contribution >= 0.6 is 0 Å². The van der Waals surface area contributed by atoms with E-state index in [9.17, 15) is 0 Å². The van der Waals surface area contributed by atoms with Gasteiger partial charge < -0.3 is 25.0 Å². The molecule has 1 aliphatic heterocycles. The summed E-state index contributed by atoms with van der Waals surface area (Å²) < 4.78 is 11.9. The van der Waals surface area contributed by atoms with E-state index < -0.39 is 0 Å². The van der Waals surface area contributed by atoms with Gasteiger partial charge in [-0.05, 0) is 50.7 Å². The fraction of sp³-hybridized carbons (Fsp3) is 0.545. The molecule has 2 aromatic rings. The molecule has 2 N–H and O–H groups in total. The number of benzene rings is 1. The second kappa shape index (κ2) is 8.86. The molecule has 7 heteroatoms. The minimum absolute atomic E-state index is 0.223. The number of likely N-dealkylation sites (tertiary alicyclic amines) is 1. The van der Waals surface area contributed by atoms with Crippen LogP contribution in [0.4, 0.5) is 17.5 Å². The lowest BCUT2D eigenvalue weighted by Crippen LogP contribution is -2.39. The lowest BCUT2D eigenvalue weighted by molar-refractivity contribution is 0.0956. The number of anilines is 3. The average Bonchev–Trinajstić information content (AvgIpc) is 3.53. The maximum Gasteiger partial charge on any atom is 0.229 e. The fourth-order valence-electron chi connectivity index (χ4n) is 3.78. The van der Waals surface area contributed by atoms with Gasteiger partial charge >= 0.3 is 0 Å². The fourth-order valence-corrected chi connectivity index (χ4v) is 3.78. The normalized spacial score (nSPS) is 17.8. The molecule has 1 aliphatic carbocycles. The van der Waals surface area contributed by atoms with Crippen LogP contribution < -0.4 is 20.1 Å². The lowest BCUT2D eigenvalue weighted by atomic mass is 10.1. The molecule has 2 heterocycles. The first kappa shape index (κ1) is 19.8. The van der Waals surface area contributed by atoms with Crippen LogP contribution in [-0.4, -0.2) is 54.8 Å². The van der Waals surface area contributed by atoms with Gasteiger partial charge in [-0.3, -0.25) is 0 Å². The third kappa shape index (κ3) is 5.29.